The van der Waals surface area contributed by atoms with Gasteiger partial charge in [-0.05, 0) is 18.8 Å². The van der Waals surface area contributed by atoms with Crippen LogP contribution in [0.25, 0.3) is 0 Å². The molecule has 1 aliphatic rings. The molecule has 1 heterocycles. The van der Waals surface area contributed by atoms with Crippen LogP contribution in [0.5, 0.6) is 0 Å². The third-order valence-corrected chi connectivity index (χ3v) is 4.37. The Balaban J connectivity index is 1.59. The molecule has 1 N–H and O–H groups in total. The monoisotopic (exact) mass is 253 g/mol. The van der Waals surface area contributed by atoms with Crippen LogP contribution in [-0.2, 0) is 7.05 Å². The van der Waals surface area contributed by atoms with E-state index >= 15 is 0 Å². The second-order valence-corrected chi connectivity index (χ2v) is 6.29. The lowest BCUT2D eigenvalue weighted by atomic mass is 9.87. The van der Waals surface area contributed by atoms with E-state index in [9.17, 15) is 0 Å². The molecule has 2 rings (SSSR count). The first-order valence-electron chi connectivity index (χ1n) is 6.59. The van der Waals surface area contributed by atoms with Crippen molar-refractivity contribution in [3.05, 3.63) is 12.4 Å². The number of hydrogen-bond acceptors (Lipinski definition) is 3. The lowest BCUT2D eigenvalue weighted by Gasteiger charge is -2.27. The first-order chi connectivity index (χ1) is 8.24. The van der Waals surface area contributed by atoms with Gasteiger partial charge in [0.25, 0.3) is 0 Å². The van der Waals surface area contributed by atoms with Crippen molar-refractivity contribution in [2.24, 2.45) is 13.0 Å². The second kappa shape index (κ2) is 6.45. The summed E-state index contributed by atoms with van der Waals surface area (Å²) >= 11 is 1.88. The van der Waals surface area contributed by atoms with E-state index in [0.29, 0.717) is 0 Å². The molecule has 0 spiro atoms. The van der Waals surface area contributed by atoms with Crippen molar-refractivity contribution in [3.8, 4) is 0 Å². The third-order valence-electron chi connectivity index (χ3n) is 3.42. The normalized spacial score (nSPS) is 25.1. The van der Waals surface area contributed by atoms with Gasteiger partial charge in [-0.15, -0.1) is 11.8 Å². The van der Waals surface area contributed by atoms with Crippen LogP contribution in [0.15, 0.2) is 17.3 Å². The lowest BCUT2D eigenvalue weighted by Crippen LogP contribution is -2.34. The first-order valence-corrected chi connectivity index (χ1v) is 7.57. The number of hydrogen-bond donors (Lipinski definition) is 1. The molecule has 0 amide bonds. The smallest absolute Gasteiger partial charge is 0.0625 e. The number of thioether (sulfide) groups is 1. The molecule has 17 heavy (non-hydrogen) atoms. The van der Waals surface area contributed by atoms with E-state index in [2.05, 4.69) is 23.5 Å². The van der Waals surface area contributed by atoms with Crippen LogP contribution in [0.1, 0.15) is 32.6 Å². The van der Waals surface area contributed by atoms with E-state index in [0.717, 1.165) is 24.3 Å². The van der Waals surface area contributed by atoms with Gasteiger partial charge in [0.15, 0.2) is 0 Å². The molecule has 1 aromatic rings. The predicted molar refractivity (Wildman–Crippen MR) is 73.4 cm³/mol. The predicted octanol–water partition coefficient (Wildman–Crippen LogP) is 2.68. The van der Waals surface area contributed by atoms with Crippen molar-refractivity contribution in [2.45, 2.75) is 43.5 Å². The lowest BCUT2D eigenvalue weighted by molar-refractivity contribution is 0.306. The number of aromatic nitrogens is 2. The zero-order valence-electron chi connectivity index (χ0n) is 10.9. The fraction of sp³-hybridized carbons (Fsp3) is 0.769. The largest absolute Gasteiger partial charge is 0.313 e. The van der Waals surface area contributed by atoms with Crippen molar-refractivity contribution < 1.29 is 0 Å². The highest BCUT2D eigenvalue weighted by molar-refractivity contribution is 7.99. The van der Waals surface area contributed by atoms with E-state index in [-0.39, 0.29) is 0 Å². The quantitative estimate of drug-likeness (QED) is 0.646. The zero-order valence-corrected chi connectivity index (χ0v) is 11.7. The minimum Gasteiger partial charge on any atom is -0.313 e. The van der Waals surface area contributed by atoms with Crippen molar-refractivity contribution >= 4 is 11.8 Å². The van der Waals surface area contributed by atoms with E-state index in [1.165, 1.54) is 30.6 Å². The molecular formula is C13H23N3S. The molecule has 1 saturated carbocycles. The Morgan fingerprint density at radius 2 is 2.41 bits per heavy atom. The van der Waals surface area contributed by atoms with Crippen LogP contribution < -0.4 is 5.32 Å². The SMILES string of the molecule is CC1CCCC(NCCSc2cnn(C)c2)C1. The Morgan fingerprint density at radius 1 is 1.53 bits per heavy atom. The van der Waals surface area contributed by atoms with Crippen LogP contribution in [0.2, 0.25) is 0 Å². The molecule has 0 radical (unpaired) electrons. The van der Waals surface area contributed by atoms with Crippen molar-refractivity contribution in [1.29, 1.82) is 0 Å². The van der Waals surface area contributed by atoms with Crippen LogP contribution in [0.4, 0.5) is 0 Å². The van der Waals surface area contributed by atoms with Gasteiger partial charge in [0, 0.05) is 36.5 Å². The molecular weight excluding hydrogens is 230 g/mol. The minimum absolute atomic E-state index is 0.758. The first kappa shape index (κ1) is 13.0. The molecule has 1 fully saturated rings. The average molecular weight is 253 g/mol. The van der Waals surface area contributed by atoms with E-state index in [1.807, 2.05) is 29.7 Å². The molecule has 2 unspecified atom stereocenters. The van der Waals surface area contributed by atoms with Crippen LogP contribution in [-0.4, -0.2) is 28.1 Å². The molecule has 0 bridgehead atoms. The fourth-order valence-electron chi connectivity index (χ4n) is 2.52. The highest BCUT2D eigenvalue weighted by atomic mass is 32.2. The fourth-order valence-corrected chi connectivity index (χ4v) is 3.33. The number of aryl methyl sites for hydroxylation is 1. The van der Waals surface area contributed by atoms with E-state index in [1.54, 1.807) is 0 Å². The number of nitrogens with zero attached hydrogens (tertiary/aromatic N) is 2. The van der Waals surface area contributed by atoms with E-state index < -0.39 is 0 Å². The highest BCUT2D eigenvalue weighted by Crippen LogP contribution is 2.23. The maximum absolute atomic E-state index is 4.17. The van der Waals surface area contributed by atoms with Crippen molar-refractivity contribution in [2.75, 3.05) is 12.3 Å². The molecule has 96 valence electrons. The number of nitrogens with one attached hydrogen (secondary N) is 1. The minimum atomic E-state index is 0.758. The van der Waals surface area contributed by atoms with Crippen molar-refractivity contribution in [3.63, 3.8) is 0 Å². The molecule has 0 aromatic carbocycles. The van der Waals surface area contributed by atoms with Crippen molar-refractivity contribution in [1.82, 2.24) is 15.1 Å². The maximum atomic E-state index is 4.17. The summed E-state index contributed by atoms with van der Waals surface area (Å²) in [6, 6.07) is 0.758. The van der Waals surface area contributed by atoms with Gasteiger partial charge in [0.05, 0.1) is 6.20 Å². The highest BCUT2D eigenvalue weighted by Gasteiger charge is 2.17. The summed E-state index contributed by atoms with van der Waals surface area (Å²) in [5.41, 5.74) is 0. The molecule has 2 atom stereocenters. The molecule has 0 aliphatic heterocycles. The summed E-state index contributed by atoms with van der Waals surface area (Å²) < 4.78 is 1.86. The van der Waals surface area contributed by atoms with E-state index in [4.69, 9.17) is 0 Å². The summed E-state index contributed by atoms with van der Waals surface area (Å²) in [7, 11) is 1.96. The second-order valence-electron chi connectivity index (χ2n) is 5.12. The van der Waals surface area contributed by atoms with Gasteiger partial charge in [0.2, 0.25) is 0 Å². The number of rotatable bonds is 5. The van der Waals surface area contributed by atoms with Gasteiger partial charge in [-0.25, -0.2) is 0 Å². The van der Waals surface area contributed by atoms with Gasteiger partial charge in [-0.1, -0.05) is 19.8 Å². The summed E-state index contributed by atoms with van der Waals surface area (Å²) in [6.07, 6.45) is 9.55. The van der Waals surface area contributed by atoms with Gasteiger partial charge in [0.1, 0.15) is 0 Å². The topological polar surface area (TPSA) is 29.9 Å². The summed E-state index contributed by atoms with van der Waals surface area (Å²) in [5, 5.41) is 7.85. The summed E-state index contributed by atoms with van der Waals surface area (Å²) in [4.78, 5) is 1.27. The van der Waals surface area contributed by atoms with Crippen LogP contribution >= 0.6 is 11.8 Å². The van der Waals surface area contributed by atoms with Gasteiger partial charge in [-0.2, -0.15) is 5.10 Å². The van der Waals surface area contributed by atoms with Crippen LogP contribution in [0.3, 0.4) is 0 Å². The van der Waals surface area contributed by atoms with Gasteiger partial charge < -0.3 is 5.32 Å². The zero-order chi connectivity index (χ0) is 12.1. The van der Waals surface area contributed by atoms with Crippen LogP contribution in [0, 0.1) is 5.92 Å². The summed E-state index contributed by atoms with van der Waals surface area (Å²) in [5.74, 6) is 2.04. The molecule has 0 saturated heterocycles. The van der Waals surface area contributed by atoms with Gasteiger partial charge >= 0.3 is 0 Å². The molecule has 4 heteroatoms. The Kier molecular flexibility index (Phi) is 4.92. The average Bonchev–Trinajstić information content (AvgIpc) is 2.71. The Hall–Kier alpha value is -0.480. The molecule has 1 aromatic heterocycles. The summed E-state index contributed by atoms with van der Waals surface area (Å²) in [6.45, 7) is 3.48. The Morgan fingerprint density at radius 3 is 3.12 bits per heavy atom. The molecule has 3 nitrogen and oxygen atoms in total. The Bertz CT molecular complexity index is 337. The van der Waals surface area contributed by atoms with Gasteiger partial charge in [-0.3, -0.25) is 4.68 Å². The molecule has 1 aliphatic carbocycles. The Labute approximate surface area is 108 Å². The maximum Gasteiger partial charge on any atom is 0.0625 e. The standard InChI is InChI=1S/C13H23N3S/c1-11-4-3-5-12(8-11)14-6-7-17-13-9-15-16(2)10-13/h9-12,14H,3-8H2,1-2H3. The third kappa shape index (κ3) is 4.36.